The molecule has 3 aliphatic rings. The van der Waals surface area contributed by atoms with Gasteiger partial charge in [-0.15, -0.1) is 0 Å². The van der Waals surface area contributed by atoms with Crippen molar-refractivity contribution in [3.8, 4) is 11.5 Å². The van der Waals surface area contributed by atoms with Crippen molar-refractivity contribution in [3.05, 3.63) is 46.5 Å². The van der Waals surface area contributed by atoms with Gasteiger partial charge in [-0.3, -0.25) is 14.6 Å². The van der Waals surface area contributed by atoms with Crippen LogP contribution in [0.25, 0.3) is 0 Å². The van der Waals surface area contributed by atoms with Crippen molar-refractivity contribution in [1.82, 2.24) is 19.8 Å². The first-order valence-corrected chi connectivity index (χ1v) is 12.3. The molecule has 5 rings (SSSR count). The van der Waals surface area contributed by atoms with E-state index in [9.17, 15) is 19.1 Å². The molecule has 10 nitrogen and oxygen atoms in total. The van der Waals surface area contributed by atoms with E-state index in [4.69, 9.17) is 9.47 Å². The first-order valence-electron chi connectivity index (χ1n) is 12.3. The molecule has 1 atom stereocenters. The summed E-state index contributed by atoms with van der Waals surface area (Å²) in [4.78, 5) is 28.3. The first kappa shape index (κ1) is 24.1. The fourth-order valence-corrected chi connectivity index (χ4v) is 5.02. The van der Waals surface area contributed by atoms with E-state index < -0.39 is 18.0 Å². The first-order chi connectivity index (χ1) is 17.4. The molecule has 36 heavy (non-hydrogen) atoms. The number of methoxy groups -OCH3 is 1. The zero-order chi connectivity index (χ0) is 25.4. The molecular formula is C25H30FN5O5. The predicted octanol–water partition coefficient (Wildman–Crippen LogP) is 2.00. The van der Waals surface area contributed by atoms with Crippen molar-refractivity contribution in [2.75, 3.05) is 33.4 Å². The second kappa shape index (κ2) is 9.81. The molecule has 0 saturated heterocycles. The highest BCUT2D eigenvalue weighted by Crippen LogP contribution is 2.42. The third-order valence-corrected chi connectivity index (χ3v) is 6.86. The van der Waals surface area contributed by atoms with E-state index >= 15 is 0 Å². The summed E-state index contributed by atoms with van der Waals surface area (Å²) in [5.41, 5.74) is 1.70. The van der Waals surface area contributed by atoms with Gasteiger partial charge in [-0.2, -0.15) is 5.10 Å². The summed E-state index contributed by atoms with van der Waals surface area (Å²) >= 11 is 0. The molecule has 4 heterocycles. The van der Waals surface area contributed by atoms with Crippen molar-refractivity contribution in [2.24, 2.45) is 5.10 Å². The maximum Gasteiger partial charge on any atom is 0.274 e. The topological polar surface area (TPSA) is 109 Å². The molecule has 1 aromatic heterocycles. The minimum atomic E-state index is -1.31. The minimum absolute atomic E-state index is 0.0473. The number of amides is 2. The number of likely N-dealkylation sites (N-methyl/N-ethyl adjacent to an activating group) is 1. The highest BCUT2D eigenvalue weighted by Gasteiger charge is 2.43. The standard InChI is InChI=1S/C25H30FN5O5/c1-3-29-10-11-30-20-18(22(35-2)21(30)25(29)34)24(33)31-14-15-7-8-16(26)13-17(15)36-12-6-4-5-9-27-23(32)19(20)28-31/h7-8,13,24,33H,3-6,9-12,14H2,1-2H3,(H,27,32). The van der Waals surface area contributed by atoms with Gasteiger partial charge in [0, 0.05) is 37.8 Å². The molecule has 2 bridgehead atoms. The molecule has 1 aromatic carbocycles. The number of hydrazone groups is 1. The van der Waals surface area contributed by atoms with E-state index in [0.717, 1.165) is 19.3 Å². The number of carbonyl (C=O) groups is 2. The Balaban J connectivity index is 1.65. The highest BCUT2D eigenvalue weighted by molar-refractivity contribution is 6.45. The SMILES string of the molecule is CCN1CCn2c(c(OC)c3c2C2=NN(Cc4ccc(F)cc4OCCCCCNC2=O)C3O)C1=O. The van der Waals surface area contributed by atoms with Gasteiger partial charge in [-0.05, 0) is 32.3 Å². The summed E-state index contributed by atoms with van der Waals surface area (Å²) in [5.74, 6) is -0.464. The van der Waals surface area contributed by atoms with Crippen LogP contribution in [0.4, 0.5) is 4.39 Å². The molecule has 0 fully saturated rings. The van der Waals surface area contributed by atoms with Crippen LogP contribution in [0.15, 0.2) is 23.3 Å². The maximum atomic E-state index is 14.0. The van der Waals surface area contributed by atoms with Crippen molar-refractivity contribution in [2.45, 2.75) is 45.5 Å². The number of aliphatic hydroxyl groups is 1. The molecule has 0 saturated carbocycles. The van der Waals surface area contributed by atoms with E-state index in [1.807, 2.05) is 6.92 Å². The lowest BCUT2D eigenvalue weighted by Crippen LogP contribution is -2.43. The van der Waals surface area contributed by atoms with Crippen LogP contribution in [-0.4, -0.2) is 70.5 Å². The molecule has 192 valence electrons. The van der Waals surface area contributed by atoms with Crippen LogP contribution < -0.4 is 14.8 Å². The molecule has 2 aromatic rings. The second-order valence-electron chi connectivity index (χ2n) is 9.02. The number of hydrogen-bond acceptors (Lipinski definition) is 7. The van der Waals surface area contributed by atoms with Gasteiger partial charge in [0.15, 0.2) is 23.4 Å². The summed E-state index contributed by atoms with van der Waals surface area (Å²) in [5, 5.41) is 20.3. The second-order valence-corrected chi connectivity index (χ2v) is 9.02. The summed E-state index contributed by atoms with van der Waals surface area (Å²) in [6.07, 6.45) is 1.00. The van der Waals surface area contributed by atoms with Crippen molar-refractivity contribution >= 4 is 17.5 Å². The average Bonchev–Trinajstić information content (AvgIpc) is 3.21. The molecular weight excluding hydrogens is 469 g/mol. The van der Waals surface area contributed by atoms with E-state index in [1.54, 1.807) is 15.5 Å². The zero-order valence-corrected chi connectivity index (χ0v) is 20.4. The summed E-state index contributed by atoms with van der Waals surface area (Å²) < 4.78 is 27.3. The number of aliphatic hydroxyl groups excluding tert-OH is 1. The van der Waals surface area contributed by atoms with E-state index in [0.29, 0.717) is 61.1 Å². The molecule has 3 aliphatic heterocycles. The van der Waals surface area contributed by atoms with Crippen molar-refractivity contribution in [3.63, 3.8) is 0 Å². The Morgan fingerprint density at radius 2 is 2.06 bits per heavy atom. The number of nitrogens with one attached hydrogen (secondary N) is 1. The monoisotopic (exact) mass is 499 g/mol. The Labute approximate surface area is 208 Å². The lowest BCUT2D eigenvalue weighted by molar-refractivity contribution is -0.115. The largest absolute Gasteiger partial charge is 0.494 e. The number of ether oxygens (including phenoxy) is 2. The number of hydrogen-bond donors (Lipinski definition) is 2. The quantitative estimate of drug-likeness (QED) is 0.655. The van der Waals surface area contributed by atoms with E-state index in [-0.39, 0.29) is 23.9 Å². The third-order valence-electron chi connectivity index (χ3n) is 6.86. The van der Waals surface area contributed by atoms with Crippen molar-refractivity contribution < 1.29 is 28.6 Å². The highest BCUT2D eigenvalue weighted by atomic mass is 19.1. The van der Waals surface area contributed by atoms with E-state index in [2.05, 4.69) is 10.4 Å². The predicted molar refractivity (Wildman–Crippen MR) is 128 cm³/mol. The van der Waals surface area contributed by atoms with Gasteiger partial charge in [0.05, 0.1) is 31.5 Å². The Morgan fingerprint density at radius 3 is 2.83 bits per heavy atom. The fourth-order valence-electron chi connectivity index (χ4n) is 5.02. The van der Waals surface area contributed by atoms with Crippen LogP contribution in [0.3, 0.4) is 0 Å². The normalized spacial score (nSPS) is 20.3. The molecule has 0 aliphatic carbocycles. The third kappa shape index (κ3) is 4.06. The number of aromatic nitrogens is 1. The van der Waals surface area contributed by atoms with Crippen LogP contribution >= 0.6 is 0 Å². The summed E-state index contributed by atoms with van der Waals surface area (Å²) in [6.45, 7) is 4.23. The maximum absolute atomic E-state index is 14.0. The molecule has 0 radical (unpaired) electrons. The van der Waals surface area contributed by atoms with Gasteiger partial charge >= 0.3 is 0 Å². The van der Waals surface area contributed by atoms with Crippen LogP contribution in [0.5, 0.6) is 11.5 Å². The fraction of sp³-hybridized carbons (Fsp3) is 0.480. The number of fused-ring (bicyclic) bond motifs is 6. The number of rotatable bonds is 2. The van der Waals surface area contributed by atoms with Crippen LogP contribution in [0.2, 0.25) is 0 Å². The van der Waals surface area contributed by atoms with Gasteiger partial charge in [0.2, 0.25) is 0 Å². The van der Waals surface area contributed by atoms with Gasteiger partial charge in [-0.1, -0.05) is 6.07 Å². The Hall–Kier alpha value is -3.60. The zero-order valence-electron chi connectivity index (χ0n) is 20.4. The lowest BCUT2D eigenvalue weighted by Gasteiger charge is -2.32. The summed E-state index contributed by atoms with van der Waals surface area (Å²) in [6, 6.07) is 4.22. The van der Waals surface area contributed by atoms with E-state index in [1.165, 1.54) is 24.3 Å². The average molecular weight is 500 g/mol. The molecule has 2 amide bonds. The molecule has 0 spiro atoms. The van der Waals surface area contributed by atoms with Crippen LogP contribution in [0, 0.1) is 5.82 Å². The summed E-state index contributed by atoms with van der Waals surface area (Å²) in [7, 11) is 1.44. The van der Waals surface area contributed by atoms with Gasteiger partial charge < -0.3 is 29.4 Å². The minimum Gasteiger partial charge on any atom is -0.494 e. The molecule has 11 heteroatoms. The number of benzene rings is 1. The Morgan fingerprint density at radius 1 is 1.22 bits per heavy atom. The lowest BCUT2D eigenvalue weighted by atomic mass is 10.1. The van der Waals surface area contributed by atoms with Gasteiger partial charge in [-0.25, -0.2) is 4.39 Å². The smallest absolute Gasteiger partial charge is 0.274 e. The van der Waals surface area contributed by atoms with Crippen LogP contribution in [0.1, 0.15) is 59.7 Å². The Kier molecular flexibility index (Phi) is 6.57. The molecule has 2 N–H and O–H groups in total. The molecule has 1 unspecified atom stereocenters. The number of halogens is 1. The van der Waals surface area contributed by atoms with Gasteiger partial charge in [0.1, 0.15) is 11.6 Å². The van der Waals surface area contributed by atoms with Crippen LogP contribution in [-0.2, 0) is 17.9 Å². The number of carbonyl (C=O) groups excluding carboxylic acids is 2. The van der Waals surface area contributed by atoms with Gasteiger partial charge in [0.25, 0.3) is 11.8 Å². The number of nitrogens with zero attached hydrogens (tertiary/aromatic N) is 4. The Bertz CT molecular complexity index is 1230. The van der Waals surface area contributed by atoms with Crippen molar-refractivity contribution in [1.29, 1.82) is 0 Å².